The van der Waals surface area contributed by atoms with E-state index in [2.05, 4.69) is 15.3 Å². The minimum atomic E-state index is -3.41. The first kappa shape index (κ1) is 24.2. The van der Waals surface area contributed by atoms with Crippen LogP contribution in [0.25, 0.3) is 0 Å². The normalized spacial score (nSPS) is 15.4. The smallest absolute Gasteiger partial charge is 0.214 e. The number of nitrogens with one attached hydrogen (secondary N) is 1. The Kier molecular flexibility index (Phi) is 7.19. The van der Waals surface area contributed by atoms with Crippen LogP contribution in [0.1, 0.15) is 33.8 Å². The molecule has 180 valence electrons. The van der Waals surface area contributed by atoms with Gasteiger partial charge in [0.25, 0.3) is 0 Å². The molecule has 0 saturated carbocycles. The topological polar surface area (TPSA) is 118 Å². The highest BCUT2D eigenvalue weighted by atomic mass is 32.2. The number of aryl methyl sites for hydroxylation is 1. The number of aromatic nitrogens is 2. The molecular formula is C22H23F2N5O3S2. The van der Waals surface area contributed by atoms with Crippen LogP contribution >= 0.6 is 11.3 Å². The van der Waals surface area contributed by atoms with Gasteiger partial charge in [0.15, 0.2) is 5.13 Å². The van der Waals surface area contributed by atoms with E-state index in [1.807, 2.05) is 6.07 Å². The number of hydrogen-bond donors (Lipinski definition) is 2. The zero-order valence-corrected chi connectivity index (χ0v) is 19.7. The van der Waals surface area contributed by atoms with Gasteiger partial charge in [-0.25, -0.2) is 26.5 Å². The lowest BCUT2D eigenvalue weighted by Gasteiger charge is -2.31. The molecule has 0 radical (unpaired) electrons. The SMILES string of the molecule is Nc1nc(NC2CCN(S(=O)(=O)CCc3ccccn3)CC2)sc1C(=O)c1c(F)cccc1F. The molecule has 1 aromatic carbocycles. The van der Waals surface area contributed by atoms with Crippen LogP contribution in [0.15, 0.2) is 42.6 Å². The lowest BCUT2D eigenvalue weighted by molar-refractivity contribution is 0.103. The van der Waals surface area contributed by atoms with Crippen LogP contribution in [0.2, 0.25) is 0 Å². The number of carbonyl (C=O) groups is 1. The molecule has 8 nitrogen and oxygen atoms in total. The lowest BCUT2D eigenvalue weighted by Crippen LogP contribution is -2.43. The van der Waals surface area contributed by atoms with Crippen molar-refractivity contribution in [2.24, 2.45) is 0 Å². The second-order valence-electron chi connectivity index (χ2n) is 7.86. The quantitative estimate of drug-likeness (QED) is 0.450. The van der Waals surface area contributed by atoms with Gasteiger partial charge in [-0.05, 0) is 37.1 Å². The molecule has 1 fully saturated rings. The lowest BCUT2D eigenvalue weighted by atomic mass is 10.1. The molecule has 1 aliphatic rings. The molecule has 0 aliphatic carbocycles. The van der Waals surface area contributed by atoms with Crippen molar-refractivity contribution >= 4 is 38.1 Å². The summed E-state index contributed by atoms with van der Waals surface area (Å²) in [6.45, 7) is 0.685. The minimum absolute atomic E-state index is 0.0107. The first-order valence-corrected chi connectivity index (χ1v) is 13.1. The van der Waals surface area contributed by atoms with Crippen molar-refractivity contribution in [1.82, 2.24) is 14.3 Å². The number of benzene rings is 1. The summed E-state index contributed by atoms with van der Waals surface area (Å²) in [6.07, 6.45) is 3.05. The predicted molar refractivity (Wildman–Crippen MR) is 126 cm³/mol. The number of ketones is 1. The van der Waals surface area contributed by atoms with E-state index in [1.54, 1.807) is 18.3 Å². The van der Waals surface area contributed by atoms with E-state index in [1.165, 1.54) is 10.4 Å². The van der Waals surface area contributed by atoms with Crippen molar-refractivity contribution in [3.8, 4) is 0 Å². The molecule has 2 aromatic heterocycles. The molecule has 0 atom stereocenters. The standard InChI is InChI=1S/C22H23F2N5O3S2/c23-16-5-3-6-17(24)18(16)19(30)20-21(25)28-22(33-20)27-15-7-11-29(12-8-15)34(31,32)13-9-14-4-1-2-10-26-14/h1-6,10,15H,7-9,11-13,25H2,(H,27,28). The highest BCUT2D eigenvalue weighted by molar-refractivity contribution is 7.89. The van der Waals surface area contributed by atoms with Crippen molar-refractivity contribution < 1.29 is 22.0 Å². The van der Waals surface area contributed by atoms with Gasteiger partial charge < -0.3 is 11.1 Å². The maximum Gasteiger partial charge on any atom is 0.214 e. The van der Waals surface area contributed by atoms with Gasteiger partial charge in [0.05, 0.1) is 11.3 Å². The molecule has 3 N–H and O–H groups in total. The molecule has 3 heterocycles. The molecule has 0 amide bonds. The summed E-state index contributed by atoms with van der Waals surface area (Å²) >= 11 is 0.917. The zero-order valence-electron chi connectivity index (χ0n) is 18.1. The van der Waals surface area contributed by atoms with E-state index in [0.717, 1.165) is 29.2 Å². The number of nitrogens with zero attached hydrogens (tertiary/aromatic N) is 3. The largest absolute Gasteiger partial charge is 0.382 e. The number of pyridine rings is 1. The first-order valence-electron chi connectivity index (χ1n) is 10.6. The van der Waals surface area contributed by atoms with Crippen LogP contribution < -0.4 is 11.1 Å². The van der Waals surface area contributed by atoms with E-state index in [-0.39, 0.29) is 22.5 Å². The second-order valence-corrected chi connectivity index (χ2v) is 11.0. The summed E-state index contributed by atoms with van der Waals surface area (Å²) in [5.74, 6) is -2.93. The van der Waals surface area contributed by atoms with Gasteiger partial charge in [-0.1, -0.05) is 23.5 Å². The number of nitrogen functional groups attached to an aromatic ring is 1. The molecule has 3 aromatic rings. The van der Waals surface area contributed by atoms with E-state index < -0.39 is 33.0 Å². The molecule has 1 aliphatic heterocycles. The number of hydrogen-bond acceptors (Lipinski definition) is 8. The second kappa shape index (κ2) is 10.1. The number of halogens is 2. The number of nitrogens with two attached hydrogens (primary N) is 1. The fourth-order valence-corrected chi connectivity index (χ4v) is 6.15. The van der Waals surface area contributed by atoms with E-state index in [4.69, 9.17) is 5.73 Å². The van der Waals surface area contributed by atoms with Crippen molar-refractivity contribution in [2.75, 3.05) is 29.9 Å². The highest BCUT2D eigenvalue weighted by Crippen LogP contribution is 2.30. The van der Waals surface area contributed by atoms with Crippen molar-refractivity contribution in [3.05, 3.63) is 70.4 Å². The molecule has 1 saturated heterocycles. The maximum atomic E-state index is 14.0. The molecule has 0 spiro atoms. The van der Waals surface area contributed by atoms with Crippen LogP contribution in [-0.4, -0.2) is 53.4 Å². The van der Waals surface area contributed by atoms with Crippen LogP contribution in [0, 0.1) is 11.6 Å². The Balaban J connectivity index is 1.35. The summed E-state index contributed by atoms with van der Waals surface area (Å²) < 4.78 is 54.8. The monoisotopic (exact) mass is 507 g/mol. The van der Waals surface area contributed by atoms with Gasteiger partial charge in [-0.2, -0.15) is 0 Å². The molecule has 0 unspecified atom stereocenters. The molecule has 12 heteroatoms. The van der Waals surface area contributed by atoms with E-state index in [0.29, 0.717) is 37.5 Å². The van der Waals surface area contributed by atoms with Crippen LogP contribution in [0.3, 0.4) is 0 Å². The van der Waals surface area contributed by atoms with Crippen LogP contribution in [0.5, 0.6) is 0 Å². The van der Waals surface area contributed by atoms with Gasteiger partial charge in [0, 0.05) is 37.4 Å². The maximum absolute atomic E-state index is 14.0. The van der Waals surface area contributed by atoms with Crippen LogP contribution in [-0.2, 0) is 16.4 Å². The number of sulfonamides is 1. The average molecular weight is 508 g/mol. The number of piperidine rings is 1. The highest BCUT2D eigenvalue weighted by Gasteiger charge is 2.29. The summed E-state index contributed by atoms with van der Waals surface area (Å²) in [6, 6.07) is 8.50. The number of thiazole rings is 1. The van der Waals surface area contributed by atoms with Gasteiger partial charge >= 0.3 is 0 Å². The van der Waals surface area contributed by atoms with Crippen LogP contribution in [0.4, 0.5) is 19.7 Å². The number of rotatable bonds is 8. The van der Waals surface area contributed by atoms with Gasteiger partial charge in [-0.3, -0.25) is 9.78 Å². The van der Waals surface area contributed by atoms with Crippen molar-refractivity contribution in [1.29, 1.82) is 0 Å². The summed E-state index contributed by atoms with van der Waals surface area (Å²) in [7, 11) is -3.41. The Hall–Kier alpha value is -2.96. The average Bonchev–Trinajstić information content (AvgIpc) is 3.18. The number of anilines is 2. The number of carbonyl (C=O) groups excluding carboxylic acids is 1. The Morgan fingerprint density at radius 2 is 1.85 bits per heavy atom. The van der Waals surface area contributed by atoms with Crippen molar-refractivity contribution in [3.63, 3.8) is 0 Å². The Morgan fingerprint density at radius 1 is 1.15 bits per heavy atom. The van der Waals surface area contributed by atoms with E-state index >= 15 is 0 Å². The Labute approximate surface area is 199 Å². The molecule has 4 rings (SSSR count). The Morgan fingerprint density at radius 3 is 2.50 bits per heavy atom. The molecule has 34 heavy (non-hydrogen) atoms. The molecule has 0 bridgehead atoms. The fourth-order valence-electron chi connectivity index (χ4n) is 3.75. The van der Waals surface area contributed by atoms with E-state index in [9.17, 15) is 22.0 Å². The summed E-state index contributed by atoms with van der Waals surface area (Å²) in [4.78, 5) is 20.9. The predicted octanol–water partition coefficient (Wildman–Crippen LogP) is 3.08. The zero-order chi connectivity index (χ0) is 24.3. The Bertz CT molecular complexity index is 1260. The van der Waals surface area contributed by atoms with Gasteiger partial charge in [0.2, 0.25) is 15.8 Å². The minimum Gasteiger partial charge on any atom is -0.382 e. The third kappa shape index (κ3) is 5.40. The summed E-state index contributed by atoms with van der Waals surface area (Å²) in [5.41, 5.74) is 5.90. The fraction of sp³-hybridized carbons (Fsp3) is 0.318. The van der Waals surface area contributed by atoms with Gasteiger partial charge in [-0.15, -0.1) is 0 Å². The van der Waals surface area contributed by atoms with Crippen molar-refractivity contribution in [2.45, 2.75) is 25.3 Å². The van der Waals surface area contributed by atoms with Gasteiger partial charge in [0.1, 0.15) is 22.3 Å². The third-order valence-electron chi connectivity index (χ3n) is 5.57. The first-order chi connectivity index (χ1) is 16.2. The third-order valence-corrected chi connectivity index (χ3v) is 8.44. The molecular weight excluding hydrogens is 484 g/mol. The summed E-state index contributed by atoms with van der Waals surface area (Å²) in [5, 5.41) is 3.51.